The number of hydrogen-bond acceptors (Lipinski definition) is 24. The van der Waals surface area contributed by atoms with Gasteiger partial charge in [0, 0.05) is 120 Å². The molecule has 16 rings (SSSR count). The standard InChI is InChI=1S/4C19H17ClFN5S/c4*20-17-8-15-18(23-11-24-19(15)27-17)25-14-3-5-26(6-4-14)10-12-1-2-16(21)13(7-12)9-22/h4*1-2,7-8,11,14H,3-6,10H2,(H,23,24,25)/i2D,3D2,4D2,5D2,6D2,8D,10D2,11D,14D;1D,7D,8D,10D,11D,14D;1D,7D,8D,10D,14D;1D,8D,10D/hD4. The second kappa shape index (κ2) is 36.4. The Kier molecular flexibility index (Phi) is 15.7. The Morgan fingerprint density at radius 3 is 1.27 bits per heavy atom. The van der Waals surface area contributed by atoms with E-state index in [-0.39, 0.29) is 168 Å². The highest BCUT2D eigenvalue weighted by Gasteiger charge is 2.27. The van der Waals surface area contributed by atoms with Gasteiger partial charge in [0.2, 0.25) is 0 Å². The van der Waals surface area contributed by atoms with Gasteiger partial charge in [-0.15, -0.1) is 45.3 Å². The van der Waals surface area contributed by atoms with Crippen LogP contribution in [0.1, 0.15) is 134 Å². The number of halogens is 8. The maximum Gasteiger partial charge on any atom is 0.162 e. The molecule has 20 nitrogen and oxygen atoms in total. The number of anilines is 4. The summed E-state index contributed by atoms with van der Waals surface area (Å²) in [5.74, 6) is -4.61. The summed E-state index contributed by atoms with van der Waals surface area (Å²) in [4.78, 5) is 37.5. The van der Waals surface area contributed by atoms with Crippen LogP contribution in [0.25, 0.3) is 40.9 Å². The van der Waals surface area contributed by atoms with E-state index in [1.54, 1.807) is 28.0 Å². The number of aromatic nitrogens is 8. The van der Waals surface area contributed by atoms with Crippen molar-refractivity contribution in [2.45, 2.75) is 101 Å². The minimum absolute atomic E-state index is 0.00679. The number of hydrogen-bond donors (Lipinski definition) is 4. The molecule has 0 amide bonds. The molecule has 0 aliphatic carbocycles. The van der Waals surface area contributed by atoms with E-state index < -0.39 is 162 Å². The lowest BCUT2D eigenvalue weighted by atomic mass is 10.0. The first-order valence-corrected chi connectivity index (χ1v) is 36.5. The number of likely N-dealkylation sites (tertiary alicyclic amines) is 4. The van der Waals surface area contributed by atoms with Crippen molar-refractivity contribution in [1.29, 1.82) is 21.0 Å². The predicted octanol–water partition coefficient (Wildman–Crippen LogP) is 17.7. The summed E-state index contributed by atoms with van der Waals surface area (Å²) in [5, 5.41) is 39.8. The highest BCUT2D eigenvalue weighted by atomic mass is 35.5. The molecule has 4 saturated heterocycles. The van der Waals surface area contributed by atoms with Crippen molar-refractivity contribution in [2.24, 2.45) is 0 Å². The molecule has 3 unspecified atom stereocenters. The maximum absolute atomic E-state index is 14.2. The molecule has 552 valence electrons. The summed E-state index contributed by atoms with van der Waals surface area (Å²) in [6.45, 7) is -13.3. The molecule has 0 bridgehead atoms. The van der Waals surface area contributed by atoms with Crippen LogP contribution in [0.4, 0.5) is 40.8 Å². The summed E-state index contributed by atoms with van der Waals surface area (Å²) < 4.78 is 325. The van der Waals surface area contributed by atoms with Gasteiger partial charge >= 0.3 is 0 Å². The molecule has 0 saturated carbocycles. The monoisotopic (exact) mass is 1640 g/mol. The zero-order valence-electron chi connectivity index (χ0n) is 87.0. The quantitative estimate of drug-likeness (QED) is 0.0655. The first kappa shape index (κ1) is 46.4. The zero-order valence-corrected chi connectivity index (χ0v) is 61.3. The largest absolute Gasteiger partial charge is 0.367 e. The summed E-state index contributed by atoms with van der Waals surface area (Å²) >= 11 is 28.1. The molecular formula is C76H68Cl4F4N20S4. The SMILES string of the molecule is [2H]c1cc(F)c(C#N)c([2H])c1C([2H])N1CCC([2H])(N([2H])c2ncnc3sc(Cl)c([2H])c23)CC1.[2H]c1cc(F)c(C#N)cc1C([2H])N1CCC(N([2H])c2ncnc3sc(Cl)c([2H])c23)CC1.[2H]c1nc(N([2H])C2([2H])C([2H])([2H])C([2H])([2H])N(C([2H])([2H])c3cc([2H])c(F)c(C#N)c3)C([2H])([2H])C2([2H])[2H])c2c([2H])c(Cl)sc2n1.[2H]c1nc(N([2H])C2([2H])CCN(C([2H])c3c([2H])cc(F)c(C#N)c3[2H])CC2)c2c([2H])c(Cl)sc2n1. The molecule has 12 heterocycles. The van der Waals surface area contributed by atoms with E-state index in [9.17, 15) is 22.8 Å². The van der Waals surface area contributed by atoms with Gasteiger partial charge in [-0.25, -0.2) is 57.4 Å². The summed E-state index contributed by atoms with van der Waals surface area (Å²) in [7, 11) is 0. The van der Waals surface area contributed by atoms with Crippen LogP contribution >= 0.6 is 91.8 Å². The Bertz CT molecular complexity index is 7050. The predicted molar refractivity (Wildman–Crippen MR) is 422 cm³/mol. The molecule has 108 heavy (non-hydrogen) atoms. The molecule has 3 atom stereocenters. The van der Waals surface area contributed by atoms with E-state index in [1.807, 2.05) is 4.90 Å². The molecule has 4 aromatic carbocycles. The fourth-order valence-corrected chi connectivity index (χ4v) is 14.5. The molecule has 4 aliphatic heterocycles. The number of rotatable bonds is 16. The van der Waals surface area contributed by atoms with Gasteiger partial charge in [0.15, 0.2) is 5.65 Å². The number of nitriles is 4. The first-order valence-electron chi connectivity index (χ1n) is 47.8. The second-order valence-corrected chi connectivity index (χ2v) is 29.2. The van der Waals surface area contributed by atoms with Gasteiger partial charge in [0.05, 0.1) is 79.0 Å². The first-order chi connectivity index (χ1) is 65.3. The Hall–Kier alpha value is -9.08. The van der Waals surface area contributed by atoms with Crippen LogP contribution in [0.2, 0.25) is 23.0 Å². The maximum atomic E-state index is 14.2. The van der Waals surface area contributed by atoms with Crippen molar-refractivity contribution in [3.05, 3.63) is 207 Å². The molecule has 4 N–H and O–H groups in total. The topological polar surface area (TPSA) is 259 Å². The van der Waals surface area contributed by atoms with E-state index in [1.165, 1.54) is 41.4 Å². The third kappa shape index (κ3) is 20.0. The molecule has 4 aliphatic rings. The average molecular weight is 1640 g/mol. The second-order valence-electron chi connectivity index (χ2n) is 22.8. The third-order valence-electron chi connectivity index (χ3n) is 15.8. The summed E-state index contributed by atoms with van der Waals surface area (Å²) in [6, 6.07) is 0.909. The smallest absolute Gasteiger partial charge is 0.162 e. The Morgan fingerprint density at radius 2 is 0.815 bits per heavy atom. The van der Waals surface area contributed by atoms with Crippen LogP contribution in [-0.2, 0) is 26.1 Å². The third-order valence-corrected chi connectivity index (χ3v) is 20.2. The van der Waals surface area contributed by atoms with Crippen LogP contribution in [0.15, 0.2) is 122 Å². The van der Waals surface area contributed by atoms with E-state index >= 15 is 0 Å². The summed E-state index contributed by atoms with van der Waals surface area (Å²) in [5.41, 5.74) is -2.86. The Morgan fingerprint density at radius 1 is 0.444 bits per heavy atom. The number of piperidine rings is 4. The van der Waals surface area contributed by atoms with Gasteiger partial charge in [0.25, 0.3) is 0 Å². The van der Waals surface area contributed by atoms with Gasteiger partial charge < -0.3 is 21.2 Å². The minimum Gasteiger partial charge on any atom is -0.367 e. The van der Waals surface area contributed by atoms with E-state index in [0.717, 1.165) is 51.5 Å². The van der Waals surface area contributed by atoms with Crippen molar-refractivity contribution in [3.63, 3.8) is 0 Å². The number of nitrogens with zero attached hydrogens (tertiary/aromatic N) is 16. The lowest BCUT2D eigenvalue weighted by Gasteiger charge is -2.32. The Labute approximate surface area is 701 Å². The van der Waals surface area contributed by atoms with E-state index in [4.69, 9.17) is 106 Å². The lowest BCUT2D eigenvalue weighted by Crippen LogP contribution is -2.38. The molecule has 0 spiro atoms. The van der Waals surface area contributed by atoms with Gasteiger partial charge in [-0.1, -0.05) is 70.6 Å². The van der Waals surface area contributed by atoms with Crippen LogP contribution in [0.5, 0.6) is 0 Å². The van der Waals surface area contributed by atoms with Crippen molar-refractivity contribution in [1.82, 2.24) is 59.5 Å². The fraction of sp³-hybridized carbons (Fsp3) is 0.316. The van der Waals surface area contributed by atoms with Crippen molar-refractivity contribution in [2.75, 3.05) is 73.5 Å². The van der Waals surface area contributed by atoms with Crippen molar-refractivity contribution < 1.29 is 61.6 Å². The van der Waals surface area contributed by atoms with Crippen molar-refractivity contribution in [3.8, 4) is 24.3 Å². The normalized spacial score (nSPS) is 23.7. The molecular weight excluding hydrogens is 1540 g/mol. The molecule has 12 aromatic rings. The lowest BCUT2D eigenvalue weighted by molar-refractivity contribution is 0.211. The molecule has 8 aromatic heterocycles. The highest BCUT2D eigenvalue weighted by molar-refractivity contribution is 7.23. The number of benzene rings is 4. The molecule has 0 radical (unpaired) electrons. The van der Waals surface area contributed by atoms with Crippen LogP contribution < -0.4 is 21.2 Å². The van der Waals surface area contributed by atoms with Crippen LogP contribution in [0.3, 0.4) is 0 Å². The summed E-state index contributed by atoms with van der Waals surface area (Å²) in [6.07, 6.45) is -5.12. The van der Waals surface area contributed by atoms with Gasteiger partial charge in [-0.05, 0) is 146 Å². The zero-order chi connectivity index (χ0) is 103. The van der Waals surface area contributed by atoms with Crippen LogP contribution in [-0.4, -0.2) is 136 Å². The minimum atomic E-state index is -4.05. The Balaban J connectivity index is 0.000000158. The highest BCUT2D eigenvalue weighted by Crippen LogP contribution is 2.37. The van der Waals surface area contributed by atoms with Gasteiger partial charge in [-0.2, -0.15) is 21.0 Å². The fourth-order valence-electron chi connectivity index (χ4n) is 10.6. The molecule has 4 fully saturated rings. The average Bonchev–Trinajstić information content (AvgIpc) is 0.972. The number of thiophene rings is 4. The molecule has 32 heteroatoms. The van der Waals surface area contributed by atoms with E-state index in [2.05, 4.69) is 39.9 Å². The van der Waals surface area contributed by atoms with Gasteiger partial charge in [-0.3, -0.25) is 19.6 Å². The van der Waals surface area contributed by atoms with E-state index in [0.29, 0.717) is 80.0 Å². The number of fused-ring (bicyclic) bond motifs is 4. The number of nitrogens with one attached hydrogen (secondary N) is 4. The van der Waals surface area contributed by atoms with Crippen LogP contribution in [0, 0.1) is 68.6 Å². The van der Waals surface area contributed by atoms with Crippen molar-refractivity contribution >= 4 is 156 Å². The van der Waals surface area contributed by atoms with Gasteiger partial charge in [0.1, 0.15) is 118 Å².